The molecule has 1 saturated heterocycles. The number of carbonyl (C=O) groups excluding carboxylic acids is 1. The molecule has 1 saturated carbocycles. The minimum absolute atomic E-state index is 0.00493. The third-order valence-corrected chi connectivity index (χ3v) is 3.96. The molecule has 5 heteroatoms. The summed E-state index contributed by atoms with van der Waals surface area (Å²) in [5, 5.41) is 11.9. The van der Waals surface area contributed by atoms with Crippen LogP contribution in [0.5, 0.6) is 0 Å². The minimum atomic E-state index is -0.781. The van der Waals surface area contributed by atoms with E-state index in [9.17, 15) is 9.59 Å². The van der Waals surface area contributed by atoms with E-state index in [1.54, 1.807) is 0 Å². The van der Waals surface area contributed by atoms with Crippen LogP contribution in [-0.4, -0.2) is 36.7 Å². The van der Waals surface area contributed by atoms with E-state index in [1.807, 2.05) is 0 Å². The molecule has 1 heterocycles. The van der Waals surface area contributed by atoms with Gasteiger partial charge in [-0.1, -0.05) is 6.42 Å². The van der Waals surface area contributed by atoms with Crippen molar-refractivity contribution in [2.75, 3.05) is 19.8 Å². The van der Waals surface area contributed by atoms with E-state index in [0.29, 0.717) is 26.1 Å². The Morgan fingerprint density at radius 3 is 2.41 bits per heavy atom. The quantitative estimate of drug-likeness (QED) is 0.762. The lowest BCUT2D eigenvalue weighted by atomic mass is 9.68. The first kappa shape index (κ1) is 12.4. The van der Waals surface area contributed by atoms with E-state index in [4.69, 9.17) is 9.84 Å². The normalized spacial score (nSPS) is 23.8. The maximum absolute atomic E-state index is 11.8. The summed E-state index contributed by atoms with van der Waals surface area (Å²) in [7, 11) is 0. The zero-order valence-electron chi connectivity index (χ0n) is 9.91. The molecule has 96 valence electrons. The number of hydrogen-bond donors (Lipinski definition) is 2. The van der Waals surface area contributed by atoms with Crippen molar-refractivity contribution in [3.63, 3.8) is 0 Å². The van der Waals surface area contributed by atoms with Crippen LogP contribution in [0.2, 0.25) is 0 Å². The number of nitrogens with one attached hydrogen (secondary N) is 1. The Labute approximate surface area is 101 Å². The van der Waals surface area contributed by atoms with Crippen molar-refractivity contribution < 1.29 is 19.4 Å². The van der Waals surface area contributed by atoms with Gasteiger partial charge >= 0.3 is 5.97 Å². The van der Waals surface area contributed by atoms with E-state index in [-0.39, 0.29) is 18.4 Å². The smallest absolute Gasteiger partial charge is 0.311 e. The van der Waals surface area contributed by atoms with Crippen LogP contribution in [0.4, 0.5) is 0 Å². The molecular formula is C12H19NO4. The Hall–Kier alpha value is -1.10. The summed E-state index contributed by atoms with van der Waals surface area (Å²) in [5.74, 6) is -0.800. The van der Waals surface area contributed by atoms with Crippen molar-refractivity contribution >= 4 is 11.9 Å². The lowest BCUT2D eigenvalue weighted by Gasteiger charge is -2.38. The number of amides is 1. The van der Waals surface area contributed by atoms with Gasteiger partial charge in [0.25, 0.3) is 0 Å². The van der Waals surface area contributed by atoms with Crippen LogP contribution in [0.1, 0.15) is 32.1 Å². The van der Waals surface area contributed by atoms with E-state index in [0.717, 1.165) is 19.3 Å². The van der Waals surface area contributed by atoms with Gasteiger partial charge in [0.2, 0.25) is 5.91 Å². The highest BCUT2D eigenvalue weighted by Gasteiger charge is 2.44. The van der Waals surface area contributed by atoms with Crippen molar-refractivity contribution in [2.45, 2.75) is 32.1 Å². The molecule has 17 heavy (non-hydrogen) atoms. The average molecular weight is 241 g/mol. The summed E-state index contributed by atoms with van der Waals surface area (Å²) in [6.07, 6.45) is 3.78. The number of carboxylic acids is 1. The molecule has 0 radical (unpaired) electrons. The van der Waals surface area contributed by atoms with Crippen molar-refractivity contribution in [2.24, 2.45) is 11.3 Å². The summed E-state index contributed by atoms with van der Waals surface area (Å²) in [5.41, 5.74) is -0.694. The van der Waals surface area contributed by atoms with Gasteiger partial charge in [0.05, 0.1) is 5.41 Å². The maximum Gasteiger partial charge on any atom is 0.311 e. The highest BCUT2D eigenvalue weighted by Crippen LogP contribution is 2.40. The fourth-order valence-electron chi connectivity index (χ4n) is 2.43. The van der Waals surface area contributed by atoms with Crippen molar-refractivity contribution in [3.8, 4) is 0 Å². The van der Waals surface area contributed by atoms with Gasteiger partial charge in [0.15, 0.2) is 0 Å². The molecule has 2 aliphatic rings. The van der Waals surface area contributed by atoms with E-state index >= 15 is 0 Å². The molecular weight excluding hydrogens is 222 g/mol. The predicted octanol–water partition coefficient (Wildman–Crippen LogP) is 0.784. The van der Waals surface area contributed by atoms with Gasteiger partial charge in [-0.15, -0.1) is 0 Å². The van der Waals surface area contributed by atoms with E-state index < -0.39 is 11.4 Å². The van der Waals surface area contributed by atoms with Crippen LogP contribution < -0.4 is 5.32 Å². The number of rotatable bonds is 4. The van der Waals surface area contributed by atoms with E-state index in [1.165, 1.54) is 0 Å². The zero-order valence-corrected chi connectivity index (χ0v) is 9.91. The van der Waals surface area contributed by atoms with Crippen LogP contribution in [0, 0.1) is 11.3 Å². The topological polar surface area (TPSA) is 75.6 Å². The lowest BCUT2D eigenvalue weighted by molar-refractivity contribution is -0.154. The third kappa shape index (κ3) is 2.60. The fourth-order valence-corrected chi connectivity index (χ4v) is 2.43. The van der Waals surface area contributed by atoms with Crippen molar-refractivity contribution in [3.05, 3.63) is 0 Å². The first-order valence-corrected chi connectivity index (χ1v) is 6.23. The lowest BCUT2D eigenvalue weighted by Crippen LogP contribution is -2.49. The molecule has 0 bridgehead atoms. The Balaban J connectivity index is 1.80. The van der Waals surface area contributed by atoms with Gasteiger partial charge in [-0.2, -0.15) is 0 Å². The highest BCUT2D eigenvalue weighted by atomic mass is 16.5. The second-order valence-corrected chi connectivity index (χ2v) is 5.04. The summed E-state index contributed by atoms with van der Waals surface area (Å²) >= 11 is 0. The third-order valence-electron chi connectivity index (χ3n) is 3.96. The standard InChI is InChI=1S/C12H19NO4/c14-10(9-2-6-17-7-3-9)13-8-12(11(15)16)4-1-5-12/h9H,1-8H2,(H,13,14)(H,15,16). The van der Waals surface area contributed by atoms with Crippen LogP contribution in [0.15, 0.2) is 0 Å². The summed E-state index contributed by atoms with van der Waals surface area (Å²) in [6.45, 7) is 1.53. The monoisotopic (exact) mass is 241 g/mol. The molecule has 0 unspecified atom stereocenters. The largest absolute Gasteiger partial charge is 0.481 e. The fraction of sp³-hybridized carbons (Fsp3) is 0.833. The van der Waals surface area contributed by atoms with Gasteiger partial charge in [-0.3, -0.25) is 9.59 Å². The molecule has 0 aromatic heterocycles. The average Bonchev–Trinajstić information content (AvgIpc) is 2.28. The molecule has 2 rings (SSSR count). The Morgan fingerprint density at radius 2 is 1.94 bits per heavy atom. The molecule has 1 aliphatic heterocycles. The van der Waals surface area contributed by atoms with Gasteiger partial charge < -0.3 is 15.2 Å². The highest BCUT2D eigenvalue weighted by molar-refractivity contribution is 5.81. The Morgan fingerprint density at radius 1 is 1.29 bits per heavy atom. The molecule has 2 fully saturated rings. The number of ether oxygens (including phenoxy) is 1. The van der Waals surface area contributed by atoms with Crippen LogP contribution in [-0.2, 0) is 14.3 Å². The van der Waals surface area contributed by atoms with Crippen molar-refractivity contribution in [1.29, 1.82) is 0 Å². The first-order chi connectivity index (χ1) is 8.14. The van der Waals surface area contributed by atoms with Crippen molar-refractivity contribution in [1.82, 2.24) is 5.32 Å². The van der Waals surface area contributed by atoms with Gasteiger partial charge in [0.1, 0.15) is 0 Å². The van der Waals surface area contributed by atoms with Gasteiger partial charge in [0, 0.05) is 25.7 Å². The molecule has 0 spiro atoms. The number of aliphatic carboxylic acids is 1. The van der Waals surface area contributed by atoms with E-state index in [2.05, 4.69) is 5.32 Å². The van der Waals surface area contributed by atoms with Gasteiger partial charge in [-0.25, -0.2) is 0 Å². The van der Waals surface area contributed by atoms with Crippen LogP contribution >= 0.6 is 0 Å². The zero-order chi connectivity index (χ0) is 12.3. The molecule has 1 amide bonds. The Kier molecular flexibility index (Phi) is 3.66. The first-order valence-electron chi connectivity index (χ1n) is 6.23. The summed E-state index contributed by atoms with van der Waals surface area (Å²) in [4.78, 5) is 23.0. The molecule has 1 aliphatic carbocycles. The molecule has 0 aromatic rings. The molecule has 5 nitrogen and oxygen atoms in total. The second-order valence-electron chi connectivity index (χ2n) is 5.04. The Bertz CT molecular complexity index is 306. The number of carboxylic acid groups (broad SMARTS) is 1. The predicted molar refractivity (Wildman–Crippen MR) is 60.5 cm³/mol. The summed E-state index contributed by atoms with van der Waals surface area (Å²) in [6, 6.07) is 0. The summed E-state index contributed by atoms with van der Waals surface area (Å²) < 4.78 is 5.19. The molecule has 2 N–H and O–H groups in total. The number of carbonyl (C=O) groups is 2. The second kappa shape index (κ2) is 5.04. The maximum atomic E-state index is 11.8. The SMILES string of the molecule is O=C(NCC1(C(=O)O)CCC1)C1CCOCC1. The minimum Gasteiger partial charge on any atom is -0.481 e. The van der Waals surface area contributed by atoms with Crippen LogP contribution in [0.3, 0.4) is 0 Å². The molecule has 0 atom stereocenters. The van der Waals surface area contributed by atoms with Gasteiger partial charge in [-0.05, 0) is 25.7 Å². The molecule has 0 aromatic carbocycles. The number of hydrogen-bond acceptors (Lipinski definition) is 3. The van der Waals surface area contributed by atoms with Crippen LogP contribution in [0.25, 0.3) is 0 Å².